The maximum absolute atomic E-state index is 14.6. The number of amides is 2. The lowest BCUT2D eigenvalue weighted by atomic mass is 9.84. The average Bonchev–Trinajstić information content (AvgIpc) is 3.63. The van der Waals surface area contributed by atoms with Crippen molar-refractivity contribution in [2.45, 2.75) is 15.6 Å². The number of nitrogens with zero attached hydrogens (tertiary/aromatic N) is 4. The van der Waals surface area contributed by atoms with Gasteiger partial charge in [-0.1, -0.05) is 77.2 Å². The van der Waals surface area contributed by atoms with Crippen LogP contribution in [0.2, 0.25) is 5.02 Å². The molecule has 4 heterocycles. The van der Waals surface area contributed by atoms with E-state index in [1.165, 1.54) is 39.8 Å². The normalized spacial score (nSPS) is 17.4. The highest BCUT2D eigenvalue weighted by molar-refractivity contribution is 8.00. The molecule has 12 heteroatoms. The molecule has 0 aliphatic carbocycles. The number of fused-ring (bicyclic) bond motifs is 5. The number of hydrogen-bond acceptors (Lipinski definition) is 8. The molecule has 2 amide bonds. The largest absolute Gasteiger partial charge is 0.450 e. The Kier molecular flexibility index (Phi) is 6.26. The highest BCUT2D eigenvalue weighted by Gasteiger charge is 2.66. The van der Waals surface area contributed by atoms with Crippen molar-refractivity contribution in [1.29, 1.82) is 0 Å². The third kappa shape index (κ3) is 3.70. The fourth-order valence-corrected chi connectivity index (χ4v) is 7.60. The molecule has 2 aliphatic rings. The van der Waals surface area contributed by atoms with Crippen LogP contribution >= 0.6 is 34.7 Å². The van der Waals surface area contributed by atoms with Gasteiger partial charge in [-0.15, -0.1) is 16.8 Å². The van der Waals surface area contributed by atoms with E-state index in [0.717, 1.165) is 11.3 Å². The quantitative estimate of drug-likeness (QED) is 0.128. The van der Waals surface area contributed by atoms with Gasteiger partial charge in [0, 0.05) is 22.9 Å². The summed E-state index contributed by atoms with van der Waals surface area (Å²) in [7, 11) is 0. The first-order chi connectivity index (χ1) is 20.4. The standard InChI is InChI=1S/C30H18ClFN4O4S2/c1-2-13-35-21-10-6-4-8-19(21)30(27(35)39)23-24(37)18-14-17(31)11-12-22(18)40-25(23)26(38)36(30)28-33-34-29(42-28)41-15-16-7-3-5-9-20(16)32/h2-12,14H,1,13,15H2. The van der Waals surface area contributed by atoms with Gasteiger partial charge in [0.15, 0.2) is 15.3 Å². The van der Waals surface area contributed by atoms with E-state index >= 15 is 0 Å². The highest BCUT2D eigenvalue weighted by Crippen LogP contribution is 2.54. The van der Waals surface area contributed by atoms with Crippen LogP contribution in [0.4, 0.5) is 15.2 Å². The van der Waals surface area contributed by atoms with Gasteiger partial charge >= 0.3 is 0 Å². The van der Waals surface area contributed by atoms with E-state index in [1.54, 1.807) is 54.6 Å². The second kappa shape index (κ2) is 9.90. The van der Waals surface area contributed by atoms with Crippen molar-refractivity contribution >= 4 is 68.3 Å². The van der Waals surface area contributed by atoms with Gasteiger partial charge in [-0.3, -0.25) is 19.3 Å². The molecule has 0 saturated heterocycles. The lowest BCUT2D eigenvalue weighted by molar-refractivity contribution is -0.121. The fourth-order valence-electron chi connectivity index (χ4n) is 5.55. The van der Waals surface area contributed by atoms with E-state index < -0.39 is 22.8 Å². The van der Waals surface area contributed by atoms with Crippen molar-refractivity contribution in [3.63, 3.8) is 0 Å². The van der Waals surface area contributed by atoms with Gasteiger partial charge < -0.3 is 9.32 Å². The summed E-state index contributed by atoms with van der Waals surface area (Å²) in [5, 5.41) is 9.04. The molecule has 0 bridgehead atoms. The van der Waals surface area contributed by atoms with Crippen molar-refractivity contribution < 1.29 is 18.4 Å². The zero-order chi connectivity index (χ0) is 29.2. The Morgan fingerprint density at radius 1 is 1.07 bits per heavy atom. The molecule has 1 spiro atoms. The molecule has 3 aromatic carbocycles. The fraction of sp³-hybridized carbons (Fsp3) is 0.100. The Hall–Kier alpha value is -4.32. The predicted molar refractivity (Wildman–Crippen MR) is 160 cm³/mol. The molecular weight excluding hydrogens is 599 g/mol. The maximum Gasteiger partial charge on any atom is 0.297 e. The number of thioether (sulfide) groups is 1. The average molecular weight is 617 g/mol. The number of rotatable bonds is 6. The summed E-state index contributed by atoms with van der Waals surface area (Å²) in [6, 6.07) is 17.9. The van der Waals surface area contributed by atoms with Crippen LogP contribution < -0.4 is 15.2 Å². The SMILES string of the molecule is C=CCN1C(=O)C2(c3ccccc31)c1c(oc3ccc(Cl)cc3c1=O)C(=O)N2c1nnc(SCc2ccccc2F)s1. The van der Waals surface area contributed by atoms with Crippen molar-refractivity contribution in [2.24, 2.45) is 0 Å². The van der Waals surface area contributed by atoms with Crippen LogP contribution in [0.3, 0.4) is 0 Å². The molecule has 0 fully saturated rings. The van der Waals surface area contributed by atoms with E-state index in [9.17, 15) is 18.8 Å². The van der Waals surface area contributed by atoms with E-state index in [0.29, 0.717) is 26.2 Å². The Balaban J connectivity index is 1.44. The van der Waals surface area contributed by atoms with Crippen LogP contribution in [0.25, 0.3) is 11.0 Å². The molecule has 0 radical (unpaired) electrons. The van der Waals surface area contributed by atoms with E-state index in [2.05, 4.69) is 16.8 Å². The number of carbonyl (C=O) groups is 2. The van der Waals surface area contributed by atoms with Gasteiger partial charge in [0.2, 0.25) is 10.9 Å². The van der Waals surface area contributed by atoms with E-state index in [-0.39, 0.29) is 45.5 Å². The molecular formula is C30H18ClFN4O4S2. The first kappa shape index (κ1) is 26.6. The van der Waals surface area contributed by atoms with Crippen LogP contribution in [0, 0.1) is 5.82 Å². The smallest absolute Gasteiger partial charge is 0.297 e. The Morgan fingerprint density at radius 2 is 1.86 bits per heavy atom. The van der Waals surface area contributed by atoms with Crippen molar-refractivity contribution in [1.82, 2.24) is 10.2 Å². The summed E-state index contributed by atoms with van der Waals surface area (Å²) in [4.78, 5) is 45.7. The number of hydrogen-bond donors (Lipinski definition) is 0. The monoisotopic (exact) mass is 616 g/mol. The minimum atomic E-state index is -1.91. The van der Waals surface area contributed by atoms with E-state index in [1.807, 2.05) is 0 Å². The van der Waals surface area contributed by atoms with Crippen LogP contribution in [0.1, 0.15) is 27.2 Å². The lowest BCUT2D eigenvalue weighted by Gasteiger charge is -2.31. The van der Waals surface area contributed by atoms with Crippen molar-refractivity contribution in [2.75, 3.05) is 16.3 Å². The summed E-state index contributed by atoms with van der Waals surface area (Å²) >= 11 is 8.53. The molecule has 208 valence electrons. The minimum absolute atomic E-state index is 0.0903. The van der Waals surface area contributed by atoms with Gasteiger partial charge in [-0.05, 0) is 35.9 Å². The second-order valence-electron chi connectivity index (χ2n) is 9.58. The molecule has 1 atom stereocenters. The number of benzene rings is 3. The van der Waals surface area contributed by atoms with Gasteiger partial charge in [0.05, 0.1) is 16.6 Å². The van der Waals surface area contributed by atoms with Crippen LogP contribution in [-0.4, -0.2) is 28.6 Å². The molecule has 0 N–H and O–H groups in total. The van der Waals surface area contributed by atoms with Gasteiger partial charge in [-0.25, -0.2) is 4.39 Å². The van der Waals surface area contributed by atoms with Gasteiger partial charge in [0.25, 0.3) is 11.8 Å². The number of carbonyl (C=O) groups excluding carboxylic acids is 2. The highest BCUT2D eigenvalue weighted by atomic mass is 35.5. The molecule has 1 unspecified atom stereocenters. The number of para-hydroxylation sites is 1. The molecule has 42 heavy (non-hydrogen) atoms. The first-order valence-electron chi connectivity index (χ1n) is 12.7. The molecule has 2 aliphatic heterocycles. The first-order valence-corrected chi connectivity index (χ1v) is 14.9. The Labute approximate surface area is 251 Å². The Morgan fingerprint density at radius 3 is 2.67 bits per heavy atom. The minimum Gasteiger partial charge on any atom is -0.450 e. The third-order valence-corrected chi connectivity index (χ3v) is 9.62. The number of anilines is 2. The zero-order valence-electron chi connectivity index (χ0n) is 21.5. The summed E-state index contributed by atoms with van der Waals surface area (Å²) in [6.45, 7) is 3.93. The molecule has 8 nitrogen and oxygen atoms in total. The van der Waals surface area contributed by atoms with Crippen molar-refractivity contribution in [3.8, 4) is 0 Å². The van der Waals surface area contributed by atoms with Crippen LogP contribution in [-0.2, 0) is 16.1 Å². The molecule has 0 saturated carbocycles. The zero-order valence-corrected chi connectivity index (χ0v) is 23.9. The summed E-state index contributed by atoms with van der Waals surface area (Å²) < 4.78 is 20.7. The van der Waals surface area contributed by atoms with Gasteiger partial charge in [0.1, 0.15) is 11.4 Å². The van der Waals surface area contributed by atoms with E-state index in [4.69, 9.17) is 16.0 Å². The van der Waals surface area contributed by atoms with Crippen molar-refractivity contribution in [3.05, 3.63) is 123 Å². The van der Waals surface area contributed by atoms with Crippen LogP contribution in [0.15, 0.2) is 92.9 Å². The summed E-state index contributed by atoms with van der Waals surface area (Å²) in [5.74, 6) is -1.55. The number of halogens is 2. The summed E-state index contributed by atoms with van der Waals surface area (Å²) in [5.41, 5.74) is -0.968. The molecule has 7 rings (SSSR count). The second-order valence-corrected chi connectivity index (χ2v) is 12.2. The molecule has 5 aromatic rings. The van der Waals surface area contributed by atoms with Gasteiger partial charge in [-0.2, -0.15) is 0 Å². The predicted octanol–water partition coefficient (Wildman–Crippen LogP) is 6.17. The number of aromatic nitrogens is 2. The lowest BCUT2D eigenvalue weighted by Crippen LogP contribution is -2.53. The maximum atomic E-state index is 14.6. The topological polar surface area (TPSA) is 96.6 Å². The third-order valence-electron chi connectivity index (χ3n) is 7.29. The Bertz CT molecular complexity index is 2030. The summed E-state index contributed by atoms with van der Waals surface area (Å²) in [6.07, 6.45) is 1.57. The van der Waals surface area contributed by atoms with Crippen LogP contribution in [0.5, 0.6) is 0 Å². The molecule has 2 aromatic heterocycles.